The molecule has 0 fully saturated rings. The summed E-state index contributed by atoms with van der Waals surface area (Å²) in [5.41, 5.74) is 1.89. The molecule has 0 saturated heterocycles. The molecule has 2 aromatic rings. The van der Waals surface area contributed by atoms with Crippen molar-refractivity contribution >= 4 is 0 Å². The van der Waals surface area contributed by atoms with E-state index >= 15 is 0 Å². The molecule has 3 nitrogen and oxygen atoms in total. The fourth-order valence-corrected chi connectivity index (χ4v) is 2.61. The molecular weight excluding hydrogens is 228 g/mol. The molecular formula is C15H12O3. The predicted molar refractivity (Wildman–Crippen MR) is 66.2 cm³/mol. The Bertz CT molecular complexity index is 621. The fourth-order valence-electron chi connectivity index (χ4n) is 2.61. The minimum Gasteiger partial charge on any atom is -0.492 e. The van der Waals surface area contributed by atoms with Crippen LogP contribution in [0.4, 0.5) is 0 Å². The molecule has 0 aliphatic carbocycles. The van der Waals surface area contributed by atoms with Gasteiger partial charge in [0, 0.05) is 11.1 Å². The number of aliphatic hydroxyl groups excluding tert-OH is 1. The maximum atomic E-state index is 10.5. The first-order valence-corrected chi connectivity index (χ1v) is 6.05. The maximum Gasteiger partial charge on any atom is 0.173 e. The second kappa shape index (κ2) is 3.50. The van der Waals surface area contributed by atoms with E-state index in [1.54, 1.807) is 0 Å². The smallest absolute Gasteiger partial charge is 0.173 e. The largest absolute Gasteiger partial charge is 0.492 e. The van der Waals surface area contributed by atoms with Crippen LogP contribution in [0.2, 0.25) is 0 Å². The number of hydrogen-bond donors (Lipinski definition) is 1. The molecule has 0 spiro atoms. The van der Waals surface area contributed by atoms with Gasteiger partial charge in [0.25, 0.3) is 0 Å². The summed E-state index contributed by atoms with van der Waals surface area (Å²) >= 11 is 0. The monoisotopic (exact) mass is 240 g/mol. The average molecular weight is 240 g/mol. The van der Waals surface area contributed by atoms with E-state index in [-0.39, 0.29) is 5.92 Å². The minimum atomic E-state index is -0.536. The lowest BCUT2D eigenvalue weighted by Gasteiger charge is -2.30. The van der Waals surface area contributed by atoms with Crippen molar-refractivity contribution in [2.24, 2.45) is 0 Å². The number of rotatable bonds is 1. The molecule has 2 atom stereocenters. The summed E-state index contributed by atoms with van der Waals surface area (Å²) in [5.74, 6) is 2.54. The topological polar surface area (TPSA) is 42.0 Å². The first-order chi connectivity index (χ1) is 8.84. The van der Waals surface area contributed by atoms with Crippen LogP contribution >= 0.6 is 0 Å². The average Bonchev–Trinajstić information content (AvgIpc) is 3.19. The third-order valence-electron chi connectivity index (χ3n) is 3.62. The molecule has 0 radical (unpaired) electrons. The van der Waals surface area contributed by atoms with Crippen LogP contribution in [-0.2, 0) is 0 Å². The van der Waals surface area contributed by atoms with Gasteiger partial charge in [0.05, 0.1) is 18.6 Å². The maximum absolute atomic E-state index is 10.5. The predicted octanol–water partition coefficient (Wildman–Crippen LogP) is 3.00. The Hall–Kier alpha value is -2.00. The molecule has 0 unspecified atom stereocenters. The van der Waals surface area contributed by atoms with Gasteiger partial charge in [-0.25, -0.2) is 0 Å². The first kappa shape index (κ1) is 9.97. The van der Waals surface area contributed by atoms with Gasteiger partial charge in [-0.15, -0.1) is 0 Å². The minimum absolute atomic E-state index is 0.0580. The number of ether oxygens (including phenoxy) is 2. The first-order valence-electron chi connectivity index (χ1n) is 6.05. The van der Waals surface area contributed by atoms with Gasteiger partial charge in [-0.3, -0.25) is 0 Å². The molecule has 2 heterocycles. The van der Waals surface area contributed by atoms with Crippen molar-refractivity contribution in [2.75, 3.05) is 6.61 Å². The molecule has 1 N–H and O–H groups in total. The van der Waals surface area contributed by atoms with Crippen molar-refractivity contribution in [3.05, 3.63) is 53.6 Å². The van der Waals surface area contributed by atoms with E-state index < -0.39 is 6.10 Å². The Morgan fingerprint density at radius 2 is 1.72 bits per heavy atom. The highest BCUT2D eigenvalue weighted by atomic mass is 16.6. The van der Waals surface area contributed by atoms with E-state index in [9.17, 15) is 5.11 Å². The van der Waals surface area contributed by atoms with Crippen LogP contribution in [0.1, 0.15) is 23.1 Å². The molecule has 2 aliphatic heterocycles. The van der Waals surface area contributed by atoms with Gasteiger partial charge < -0.3 is 14.6 Å². The zero-order valence-electron chi connectivity index (χ0n) is 9.67. The summed E-state index contributed by atoms with van der Waals surface area (Å²) in [4.78, 5) is 0. The number of hydrogen-bond acceptors (Lipinski definition) is 3. The van der Waals surface area contributed by atoms with Crippen molar-refractivity contribution < 1.29 is 14.6 Å². The SMILES string of the molecule is O[C@@H]1c2ccccc2OC[C@@H]1c1cccc2c1O2. The van der Waals surface area contributed by atoms with Crippen molar-refractivity contribution in [2.45, 2.75) is 12.0 Å². The summed E-state index contributed by atoms with van der Waals surface area (Å²) in [6, 6.07) is 13.5. The third-order valence-corrected chi connectivity index (χ3v) is 3.62. The highest BCUT2D eigenvalue weighted by molar-refractivity contribution is 5.61. The Balaban J connectivity index is 1.76. The van der Waals surface area contributed by atoms with E-state index in [1.165, 1.54) is 0 Å². The normalized spacial score (nSPS) is 23.4. The van der Waals surface area contributed by atoms with Gasteiger partial charge in [-0.1, -0.05) is 30.3 Å². The Labute approximate surface area is 105 Å². The van der Waals surface area contributed by atoms with Crippen LogP contribution in [-0.4, -0.2) is 11.7 Å². The lowest BCUT2D eigenvalue weighted by Crippen LogP contribution is -2.23. The molecule has 0 amide bonds. The molecule has 4 rings (SSSR count). The van der Waals surface area contributed by atoms with Crippen LogP contribution < -0.4 is 9.47 Å². The molecule has 90 valence electrons. The Morgan fingerprint density at radius 1 is 0.944 bits per heavy atom. The van der Waals surface area contributed by atoms with Gasteiger partial charge >= 0.3 is 0 Å². The summed E-state index contributed by atoms with van der Waals surface area (Å²) in [6.45, 7) is 0.484. The summed E-state index contributed by atoms with van der Waals surface area (Å²) in [6.07, 6.45) is -0.536. The molecule has 3 heteroatoms. The van der Waals surface area contributed by atoms with Crippen LogP contribution in [0, 0.1) is 0 Å². The summed E-state index contributed by atoms with van der Waals surface area (Å²) < 4.78 is 11.1. The number of aliphatic hydroxyl groups is 1. The molecule has 2 aliphatic rings. The number of benzene rings is 2. The molecule has 0 saturated carbocycles. The Kier molecular flexibility index (Phi) is 1.94. The van der Waals surface area contributed by atoms with Crippen molar-refractivity contribution in [1.82, 2.24) is 0 Å². The zero-order chi connectivity index (χ0) is 12.1. The van der Waals surface area contributed by atoms with Gasteiger partial charge in [-0.2, -0.15) is 0 Å². The fraction of sp³-hybridized carbons (Fsp3) is 0.200. The quantitative estimate of drug-likeness (QED) is 0.665. The lowest BCUT2D eigenvalue weighted by atomic mass is 9.87. The van der Waals surface area contributed by atoms with Crippen molar-refractivity contribution in [3.63, 3.8) is 0 Å². The number of fused-ring (bicyclic) bond motifs is 2. The highest BCUT2D eigenvalue weighted by Crippen LogP contribution is 2.53. The Morgan fingerprint density at radius 3 is 2.67 bits per heavy atom. The lowest BCUT2D eigenvalue weighted by molar-refractivity contribution is 0.0888. The standard InChI is InChI=1S/C15H12O3/c16-14-10-4-1-2-6-12(10)17-8-11(14)9-5-3-7-13-15(9)18-13/h1-7,11,14,16H,8H2/t11-,14-/m1/s1. The second-order valence-corrected chi connectivity index (χ2v) is 4.68. The zero-order valence-corrected chi connectivity index (χ0v) is 9.67. The van der Waals surface area contributed by atoms with Crippen molar-refractivity contribution in [1.29, 1.82) is 0 Å². The molecule has 2 aromatic carbocycles. The van der Waals surface area contributed by atoms with Gasteiger partial charge in [0.15, 0.2) is 11.5 Å². The summed E-state index contributed by atoms with van der Waals surface area (Å²) in [7, 11) is 0. The van der Waals surface area contributed by atoms with E-state index in [2.05, 4.69) is 0 Å². The van der Waals surface area contributed by atoms with E-state index in [1.807, 2.05) is 42.5 Å². The van der Waals surface area contributed by atoms with Crippen LogP contribution in [0.5, 0.6) is 17.2 Å². The summed E-state index contributed by atoms with van der Waals surface area (Å²) in [5, 5.41) is 10.5. The third kappa shape index (κ3) is 1.34. The van der Waals surface area contributed by atoms with E-state index in [4.69, 9.17) is 9.47 Å². The molecule has 0 bridgehead atoms. The van der Waals surface area contributed by atoms with E-state index in [0.29, 0.717) is 6.61 Å². The highest BCUT2D eigenvalue weighted by Gasteiger charge is 2.36. The molecule has 0 aromatic heterocycles. The van der Waals surface area contributed by atoms with E-state index in [0.717, 1.165) is 28.4 Å². The van der Waals surface area contributed by atoms with Crippen LogP contribution in [0.25, 0.3) is 0 Å². The van der Waals surface area contributed by atoms with Gasteiger partial charge in [0.2, 0.25) is 0 Å². The molecule has 18 heavy (non-hydrogen) atoms. The van der Waals surface area contributed by atoms with Gasteiger partial charge in [-0.05, 0) is 12.1 Å². The van der Waals surface area contributed by atoms with Crippen molar-refractivity contribution in [3.8, 4) is 17.2 Å². The van der Waals surface area contributed by atoms with Gasteiger partial charge in [0.1, 0.15) is 5.75 Å². The van der Waals surface area contributed by atoms with Crippen LogP contribution in [0.15, 0.2) is 42.5 Å². The second-order valence-electron chi connectivity index (χ2n) is 4.68. The van der Waals surface area contributed by atoms with Crippen LogP contribution in [0.3, 0.4) is 0 Å². The number of para-hydroxylation sites is 2.